The molecular formula is C14H19NO3S. The zero-order chi connectivity index (χ0) is 14.0. The molecule has 2 rings (SSSR count). The number of para-hydroxylation sites is 1. The van der Waals surface area contributed by atoms with Crippen molar-refractivity contribution in [3.63, 3.8) is 0 Å². The van der Waals surface area contributed by atoms with Gasteiger partial charge in [-0.25, -0.2) is 0 Å². The summed E-state index contributed by atoms with van der Waals surface area (Å²) in [6, 6.07) is 7.20. The van der Waals surface area contributed by atoms with Crippen LogP contribution in [0.1, 0.15) is 24.2 Å². The lowest BCUT2D eigenvalue weighted by Crippen LogP contribution is -2.52. The average molecular weight is 281 g/mol. The molecule has 104 valence electrons. The second kappa shape index (κ2) is 5.33. The topological polar surface area (TPSA) is 46.6 Å². The second-order valence-electron chi connectivity index (χ2n) is 5.24. The predicted octanol–water partition coefficient (Wildman–Crippen LogP) is 1.68. The van der Waals surface area contributed by atoms with Crippen molar-refractivity contribution < 1.29 is 13.7 Å². The van der Waals surface area contributed by atoms with E-state index < -0.39 is 10.8 Å². The molecule has 1 saturated heterocycles. The van der Waals surface area contributed by atoms with Gasteiger partial charge in [0.15, 0.2) is 0 Å². The first-order chi connectivity index (χ1) is 8.95. The molecule has 4 nitrogen and oxygen atoms in total. The van der Waals surface area contributed by atoms with Crippen LogP contribution in [0.3, 0.4) is 0 Å². The number of methoxy groups -OCH3 is 1. The number of amides is 1. The summed E-state index contributed by atoms with van der Waals surface area (Å²) in [4.78, 5) is 14.3. The summed E-state index contributed by atoms with van der Waals surface area (Å²) in [6.07, 6.45) is 0. The van der Waals surface area contributed by atoms with E-state index in [-0.39, 0.29) is 10.7 Å². The van der Waals surface area contributed by atoms with E-state index >= 15 is 0 Å². The van der Waals surface area contributed by atoms with Gasteiger partial charge in [-0.3, -0.25) is 9.00 Å². The number of ether oxygens (including phenoxy) is 1. The maximum atomic E-state index is 12.5. The van der Waals surface area contributed by atoms with Gasteiger partial charge in [-0.05, 0) is 26.0 Å². The maximum Gasteiger partial charge on any atom is 0.257 e. The number of rotatable bonds is 2. The van der Waals surface area contributed by atoms with Crippen LogP contribution in [0.4, 0.5) is 0 Å². The third kappa shape index (κ3) is 2.81. The fraction of sp³-hybridized carbons (Fsp3) is 0.500. The minimum Gasteiger partial charge on any atom is -0.496 e. The molecule has 1 aromatic rings. The van der Waals surface area contributed by atoms with Crippen molar-refractivity contribution >= 4 is 16.7 Å². The largest absolute Gasteiger partial charge is 0.496 e. The van der Waals surface area contributed by atoms with Gasteiger partial charge in [0.2, 0.25) is 0 Å². The molecule has 1 atom stereocenters. The van der Waals surface area contributed by atoms with Crippen LogP contribution in [-0.4, -0.2) is 45.7 Å². The number of carbonyl (C=O) groups is 1. The van der Waals surface area contributed by atoms with E-state index in [4.69, 9.17) is 4.74 Å². The van der Waals surface area contributed by atoms with Gasteiger partial charge in [0.05, 0.1) is 17.4 Å². The molecule has 1 aliphatic rings. The maximum absolute atomic E-state index is 12.5. The van der Waals surface area contributed by atoms with Crippen LogP contribution in [0.2, 0.25) is 0 Å². The number of hydrogen-bond donors (Lipinski definition) is 0. The molecule has 0 N–H and O–H groups in total. The summed E-state index contributed by atoms with van der Waals surface area (Å²) >= 11 is 0. The minimum absolute atomic E-state index is 0.0535. The first kappa shape index (κ1) is 14.1. The standard InChI is InChI=1S/C14H19NO3S/c1-14(2)10-15(8-9-19(14)17)13(16)11-6-4-5-7-12(11)18-3/h4-7H,8-10H2,1-3H3. The van der Waals surface area contributed by atoms with E-state index in [0.29, 0.717) is 30.2 Å². The predicted molar refractivity (Wildman–Crippen MR) is 76.0 cm³/mol. The number of hydrogen-bond acceptors (Lipinski definition) is 3. The van der Waals surface area contributed by atoms with E-state index in [1.54, 1.807) is 24.1 Å². The Morgan fingerprint density at radius 1 is 1.37 bits per heavy atom. The lowest BCUT2D eigenvalue weighted by Gasteiger charge is -2.37. The fourth-order valence-corrected chi connectivity index (χ4v) is 3.48. The van der Waals surface area contributed by atoms with Crippen LogP contribution in [0.25, 0.3) is 0 Å². The summed E-state index contributed by atoms with van der Waals surface area (Å²) in [5.74, 6) is 1.06. The Kier molecular flexibility index (Phi) is 3.94. The Morgan fingerprint density at radius 2 is 2.05 bits per heavy atom. The highest BCUT2D eigenvalue weighted by atomic mass is 32.2. The highest BCUT2D eigenvalue weighted by molar-refractivity contribution is 7.86. The molecule has 1 heterocycles. The normalized spacial score (nSPS) is 22.1. The molecule has 0 bridgehead atoms. The number of benzene rings is 1. The van der Waals surface area contributed by atoms with Crippen LogP contribution in [-0.2, 0) is 10.8 Å². The van der Waals surface area contributed by atoms with Crippen LogP contribution >= 0.6 is 0 Å². The monoisotopic (exact) mass is 281 g/mol. The van der Waals surface area contributed by atoms with E-state index in [1.165, 1.54) is 0 Å². The van der Waals surface area contributed by atoms with Gasteiger partial charge in [0.1, 0.15) is 5.75 Å². The van der Waals surface area contributed by atoms with Crippen LogP contribution < -0.4 is 4.74 Å². The fourth-order valence-electron chi connectivity index (χ4n) is 2.25. The van der Waals surface area contributed by atoms with Gasteiger partial charge in [-0.1, -0.05) is 12.1 Å². The van der Waals surface area contributed by atoms with E-state index in [2.05, 4.69) is 0 Å². The number of carbonyl (C=O) groups excluding carboxylic acids is 1. The van der Waals surface area contributed by atoms with Crippen molar-refractivity contribution in [3.8, 4) is 5.75 Å². The molecule has 1 aromatic carbocycles. The first-order valence-corrected chi connectivity index (χ1v) is 7.58. The molecule has 1 unspecified atom stereocenters. The Morgan fingerprint density at radius 3 is 2.68 bits per heavy atom. The van der Waals surface area contributed by atoms with Crippen molar-refractivity contribution in [3.05, 3.63) is 29.8 Å². The molecule has 19 heavy (non-hydrogen) atoms. The molecule has 1 aliphatic heterocycles. The Hall–Kier alpha value is -1.36. The van der Waals surface area contributed by atoms with E-state index in [1.807, 2.05) is 26.0 Å². The van der Waals surface area contributed by atoms with E-state index in [0.717, 1.165) is 0 Å². The molecular weight excluding hydrogens is 262 g/mol. The molecule has 1 amide bonds. The Bertz CT molecular complexity index is 513. The van der Waals surface area contributed by atoms with Crippen LogP contribution in [0.5, 0.6) is 5.75 Å². The lowest BCUT2D eigenvalue weighted by atomic mass is 10.1. The van der Waals surface area contributed by atoms with Gasteiger partial charge < -0.3 is 9.64 Å². The lowest BCUT2D eigenvalue weighted by molar-refractivity contribution is 0.0742. The second-order valence-corrected chi connectivity index (χ2v) is 7.44. The number of nitrogens with zero attached hydrogens (tertiary/aromatic N) is 1. The minimum atomic E-state index is -0.876. The van der Waals surface area contributed by atoms with Gasteiger partial charge in [-0.15, -0.1) is 0 Å². The van der Waals surface area contributed by atoms with Crippen molar-refractivity contribution in [2.24, 2.45) is 0 Å². The zero-order valence-corrected chi connectivity index (χ0v) is 12.3. The van der Waals surface area contributed by atoms with Crippen molar-refractivity contribution in [2.45, 2.75) is 18.6 Å². The summed E-state index contributed by atoms with van der Waals surface area (Å²) < 4.78 is 16.8. The highest BCUT2D eigenvalue weighted by Crippen LogP contribution is 2.24. The third-order valence-corrected chi connectivity index (χ3v) is 5.27. The molecule has 0 aromatic heterocycles. The van der Waals surface area contributed by atoms with E-state index in [9.17, 15) is 9.00 Å². The molecule has 1 fully saturated rings. The Balaban J connectivity index is 2.23. The third-order valence-electron chi connectivity index (χ3n) is 3.36. The van der Waals surface area contributed by atoms with Crippen molar-refractivity contribution in [1.82, 2.24) is 4.90 Å². The quantitative estimate of drug-likeness (QED) is 0.828. The zero-order valence-electron chi connectivity index (χ0n) is 11.5. The van der Waals surface area contributed by atoms with Gasteiger partial charge in [0, 0.05) is 29.6 Å². The molecule has 0 spiro atoms. The summed E-state index contributed by atoms with van der Waals surface area (Å²) in [7, 11) is 0.680. The van der Waals surface area contributed by atoms with Gasteiger partial charge >= 0.3 is 0 Å². The summed E-state index contributed by atoms with van der Waals surface area (Å²) in [5, 5.41) is 0. The van der Waals surface area contributed by atoms with Crippen molar-refractivity contribution in [2.75, 3.05) is 26.0 Å². The summed E-state index contributed by atoms with van der Waals surface area (Å²) in [5.41, 5.74) is 0.563. The summed E-state index contributed by atoms with van der Waals surface area (Å²) in [6.45, 7) is 4.92. The van der Waals surface area contributed by atoms with Gasteiger partial charge in [-0.2, -0.15) is 0 Å². The van der Waals surface area contributed by atoms with Gasteiger partial charge in [0.25, 0.3) is 5.91 Å². The molecule has 5 heteroatoms. The Labute approximate surface area is 116 Å². The van der Waals surface area contributed by atoms with Crippen LogP contribution in [0.15, 0.2) is 24.3 Å². The first-order valence-electron chi connectivity index (χ1n) is 6.26. The SMILES string of the molecule is COc1ccccc1C(=O)N1CCS(=O)C(C)(C)C1. The molecule has 0 saturated carbocycles. The smallest absolute Gasteiger partial charge is 0.257 e. The highest BCUT2D eigenvalue weighted by Gasteiger charge is 2.35. The average Bonchev–Trinajstić information content (AvgIpc) is 2.41. The molecule has 0 aliphatic carbocycles. The van der Waals surface area contributed by atoms with Crippen LogP contribution in [0, 0.1) is 0 Å². The molecule has 0 radical (unpaired) electrons. The van der Waals surface area contributed by atoms with Crippen molar-refractivity contribution in [1.29, 1.82) is 0 Å².